The normalized spacial score (nSPS) is 48.0. The Balaban J connectivity index is 1.46. The summed E-state index contributed by atoms with van der Waals surface area (Å²) in [6.45, 7) is 12.9. The summed E-state index contributed by atoms with van der Waals surface area (Å²) in [5.74, 6) is 7.15. The molecule has 4 saturated carbocycles. The van der Waals surface area contributed by atoms with E-state index in [1.54, 1.807) is 51.4 Å². The second-order valence-corrected chi connectivity index (χ2v) is 12.4. The topological polar surface area (TPSA) is 0 Å². The lowest BCUT2D eigenvalue weighted by molar-refractivity contribution is -0.114. The van der Waals surface area contributed by atoms with E-state index in [9.17, 15) is 0 Å². The molecule has 0 nitrogen and oxygen atoms in total. The van der Waals surface area contributed by atoms with Crippen LogP contribution in [0.1, 0.15) is 118 Å². The van der Waals surface area contributed by atoms with E-state index in [1.807, 2.05) is 0 Å². The predicted molar refractivity (Wildman–Crippen MR) is 118 cm³/mol. The van der Waals surface area contributed by atoms with Gasteiger partial charge in [-0.1, -0.05) is 66.7 Å². The van der Waals surface area contributed by atoms with Crippen LogP contribution in [-0.4, -0.2) is 0 Å². The van der Waals surface area contributed by atoms with Crippen LogP contribution in [0.2, 0.25) is 0 Å². The zero-order valence-corrected chi connectivity index (χ0v) is 19.2. The third-order valence-corrected chi connectivity index (χ3v) is 10.8. The molecular weight excluding hydrogens is 324 g/mol. The van der Waals surface area contributed by atoms with Gasteiger partial charge in [0.2, 0.25) is 0 Å². The van der Waals surface area contributed by atoms with E-state index in [-0.39, 0.29) is 0 Å². The molecule has 0 amide bonds. The average molecular weight is 373 g/mol. The van der Waals surface area contributed by atoms with Crippen molar-refractivity contribution in [1.29, 1.82) is 0 Å². The van der Waals surface area contributed by atoms with Crippen molar-refractivity contribution in [3.8, 4) is 0 Å². The molecule has 0 aromatic carbocycles. The Labute approximate surface area is 170 Å². The van der Waals surface area contributed by atoms with Gasteiger partial charge in [0.25, 0.3) is 0 Å². The van der Waals surface area contributed by atoms with Crippen molar-refractivity contribution in [3.63, 3.8) is 0 Å². The van der Waals surface area contributed by atoms with E-state index in [1.165, 1.54) is 32.1 Å². The van der Waals surface area contributed by atoms with E-state index in [0.717, 1.165) is 41.4 Å². The predicted octanol–water partition coefficient (Wildman–Crippen LogP) is 8.50. The molecule has 4 fully saturated rings. The SMILES string of the molecule is CC(C)CCC[C@H](C)[C@H]1CC[C@H]2[C@@H]3CC[C@H]4CCCC[C@]4(C)[C@H]3CC[C@]12C. The first kappa shape index (κ1) is 20.3. The molecule has 8 atom stereocenters. The second kappa shape index (κ2) is 7.68. The number of hydrogen-bond acceptors (Lipinski definition) is 0. The number of rotatable bonds is 5. The van der Waals surface area contributed by atoms with Gasteiger partial charge in [-0.3, -0.25) is 0 Å². The molecule has 0 aromatic heterocycles. The quantitative estimate of drug-likeness (QED) is 0.453. The highest BCUT2D eigenvalue weighted by molar-refractivity contribution is 5.09. The van der Waals surface area contributed by atoms with Crippen molar-refractivity contribution in [2.75, 3.05) is 0 Å². The van der Waals surface area contributed by atoms with Crippen molar-refractivity contribution < 1.29 is 0 Å². The monoisotopic (exact) mass is 372 g/mol. The maximum absolute atomic E-state index is 2.75. The Morgan fingerprint density at radius 3 is 2.30 bits per heavy atom. The minimum atomic E-state index is 0.677. The van der Waals surface area contributed by atoms with E-state index in [2.05, 4.69) is 34.6 Å². The lowest BCUT2D eigenvalue weighted by Crippen LogP contribution is -2.53. The van der Waals surface area contributed by atoms with Gasteiger partial charge in [0.1, 0.15) is 0 Å². The summed E-state index contributed by atoms with van der Waals surface area (Å²) in [6.07, 6.45) is 19.9. The number of fused-ring (bicyclic) bond motifs is 5. The molecule has 27 heavy (non-hydrogen) atoms. The maximum atomic E-state index is 2.75. The summed E-state index contributed by atoms with van der Waals surface area (Å²) in [5, 5.41) is 0. The van der Waals surface area contributed by atoms with E-state index in [4.69, 9.17) is 0 Å². The first-order valence-corrected chi connectivity index (χ1v) is 12.9. The number of hydrogen-bond donors (Lipinski definition) is 0. The molecule has 0 saturated heterocycles. The lowest BCUT2D eigenvalue weighted by atomic mass is 9.44. The molecule has 0 heterocycles. The van der Waals surface area contributed by atoms with Crippen LogP contribution in [0.15, 0.2) is 0 Å². The Morgan fingerprint density at radius 1 is 0.741 bits per heavy atom. The van der Waals surface area contributed by atoms with Gasteiger partial charge in [0, 0.05) is 0 Å². The molecular formula is C27H48. The molecule has 0 bridgehead atoms. The van der Waals surface area contributed by atoms with Gasteiger partial charge in [-0.2, -0.15) is 0 Å². The van der Waals surface area contributed by atoms with Gasteiger partial charge in [0.15, 0.2) is 0 Å². The molecule has 0 aromatic rings. The highest BCUT2D eigenvalue weighted by atomic mass is 14.6. The zero-order chi connectivity index (χ0) is 19.2. The van der Waals surface area contributed by atoms with Gasteiger partial charge in [-0.05, 0) is 104 Å². The van der Waals surface area contributed by atoms with E-state index >= 15 is 0 Å². The van der Waals surface area contributed by atoms with Gasteiger partial charge < -0.3 is 0 Å². The van der Waals surface area contributed by atoms with Crippen molar-refractivity contribution in [3.05, 3.63) is 0 Å². The molecule has 0 heteroatoms. The van der Waals surface area contributed by atoms with Crippen molar-refractivity contribution in [1.82, 2.24) is 0 Å². The summed E-state index contributed by atoms with van der Waals surface area (Å²) >= 11 is 0. The highest BCUT2D eigenvalue weighted by Crippen LogP contribution is 2.68. The first-order chi connectivity index (χ1) is 12.9. The molecule has 0 aliphatic heterocycles. The third-order valence-electron chi connectivity index (χ3n) is 10.8. The average Bonchev–Trinajstić information content (AvgIpc) is 2.98. The summed E-state index contributed by atoms with van der Waals surface area (Å²) in [6, 6.07) is 0. The fraction of sp³-hybridized carbons (Fsp3) is 1.00. The van der Waals surface area contributed by atoms with Crippen molar-refractivity contribution >= 4 is 0 Å². The van der Waals surface area contributed by atoms with Gasteiger partial charge in [-0.15, -0.1) is 0 Å². The van der Waals surface area contributed by atoms with E-state index in [0.29, 0.717) is 10.8 Å². The Bertz CT molecular complexity index is 506. The maximum Gasteiger partial charge on any atom is -0.0264 e. The van der Waals surface area contributed by atoms with Crippen LogP contribution in [0.3, 0.4) is 0 Å². The lowest BCUT2D eigenvalue weighted by Gasteiger charge is -2.61. The highest BCUT2D eigenvalue weighted by Gasteiger charge is 2.59. The molecule has 4 aliphatic carbocycles. The molecule has 4 rings (SSSR count). The van der Waals surface area contributed by atoms with Crippen LogP contribution >= 0.6 is 0 Å². The molecule has 4 aliphatic rings. The van der Waals surface area contributed by atoms with Gasteiger partial charge >= 0.3 is 0 Å². The van der Waals surface area contributed by atoms with Crippen LogP contribution < -0.4 is 0 Å². The summed E-state index contributed by atoms with van der Waals surface area (Å²) in [7, 11) is 0. The molecule has 0 radical (unpaired) electrons. The summed E-state index contributed by atoms with van der Waals surface area (Å²) < 4.78 is 0. The van der Waals surface area contributed by atoms with Gasteiger partial charge in [0.05, 0.1) is 0 Å². The largest absolute Gasteiger partial charge is 0.0628 e. The Morgan fingerprint density at radius 2 is 1.52 bits per heavy atom. The van der Waals surface area contributed by atoms with Crippen molar-refractivity contribution in [2.24, 2.45) is 52.3 Å². The van der Waals surface area contributed by atoms with Crippen LogP contribution in [-0.2, 0) is 0 Å². The first-order valence-electron chi connectivity index (χ1n) is 12.9. The van der Waals surface area contributed by atoms with Crippen LogP contribution in [0.5, 0.6) is 0 Å². The summed E-state index contributed by atoms with van der Waals surface area (Å²) in [5.41, 5.74) is 1.39. The van der Waals surface area contributed by atoms with Crippen LogP contribution in [0, 0.1) is 52.3 Å². The zero-order valence-electron chi connectivity index (χ0n) is 19.2. The fourth-order valence-corrected chi connectivity index (χ4v) is 9.32. The van der Waals surface area contributed by atoms with E-state index < -0.39 is 0 Å². The molecule has 0 N–H and O–H groups in total. The van der Waals surface area contributed by atoms with Crippen LogP contribution in [0.25, 0.3) is 0 Å². The molecule has 0 unspecified atom stereocenters. The molecule has 0 spiro atoms. The smallest absolute Gasteiger partial charge is 0.0264 e. The second-order valence-electron chi connectivity index (χ2n) is 12.4. The van der Waals surface area contributed by atoms with Gasteiger partial charge in [-0.25, -0.2) is 0 Å². The summed E-state index contributed by atoms with van der Waals surface area (Å²) in [4.78, 5) is 0. The Hall–Kier alpha value is 0. The van der Waals surface area contributed by atoms with Crippen molar-refractivity contribution in [2.45, 2.75) is 118 Å². The third kappa shape index (κ3) is 3.44. The Kier molecular flexibility index (Phi) is 5.77. The standard InChI is InChI=1S/C27H48/c1-19(2)9-8-10-20(3)23-14-15-24-22-13-12-21-11-6-7-17-26(21,4)25(22)16-18-27(23,24)5/h19-25H,6-18H2,1-5H3/t20-,21+,22-,23+,24-,25-,26-,27+/m0/s1. The molecule has 156 valence electrons. The van der Waals surface area contributed by atoms with Crippen LogP contribution in [0.4, 0.5) is 0 Å². The fourth-order valence-electron chi connectivity index (χ4n) is 9.32. The minimum absolute atomic E-state index is 0.677. The minimum Gasteiger partial charge on any atom is -0.0628 e.